The minimum absolute atomic E-state index is 0.147. The van der Waals surface area contributed by atoms with Crippen molar-refractivity contribution in [2.24, 2.45) is 5.73 Å². The Labute approximate surface area is 116 Å². The number of hydrogen-bond acceptors (Lipinski definition) is 4. The van der Waals surface area contributed by atoms with Crippen molar-refractivity contribution >= 4 is 23.4 Å². The second-order valence-electron chi connectivity index (χ2n) is 4.36. The lowest BCUT2D eigenvalue weighted by molar-refractivity contribution is -0.128. The van der Waals surface area contributed by atoms with Crippen LogP contribution in [0.3, 0.4) is 0 Å². The molecular formula is C13H18FN3OS. The predicted octanol–water partition coefficient (Wildman–Crippen LogP) is 1.12. The maximum absolute atomic E-state index is 12.9. The van der Waals surface area contributed by atoms with E-state index in [9.17, 15) is 9.18 Å². The fraction of sp³-hybridized carbons (Fsp3) is 0.462. The van der Waals surface area contributed by atoms with E-state index in [1.54, 1.807) is 12.1 Å². The van der Waals surface area contributed by atoms with E-state index in [-0.39, 0.29) is 11.7 Å². The van der Waals surface area contributed by atoms with Crippen LogP contribution in [-0.4, -0.2) is 48.6 Å². The van der Waals surface area contributed by atoms with Gasteiger partial charge in [-0.05, 0) is 24.3 Å². The van der Waals surface area contributed by atoms with Crippen molar-refractivity contribution < 1.29 is 9.18 Å². The van der Waals surface area contributed by atoms with Gasteiger partial charge in [0.15, 0.2) is 0 Å². The number of benzene rings is 1. The van der Waals surface area contributed by atoms with E-state index in [0.29, 0.717) is 24.7 Å². The summed E-state index contributed by atoms with van der Waals surface area (Å²) in [6, 6.07) is 6.48. The number of nitrogens with zero attached hydrogens (tertiary/aromatic N) is 2. The van der Waals surface area contributed by atoms with E-state index in [1.165, 1.54) is 23.9 Å². The topological polar surface area (TPSA) is 49.6 Å². The Morgan fingerprint density at radius 2 is 1.84 bits per heavy atom. The molecule has 0 aromatic heterocycles. The highest BCUT2D eigenvalue weighted by Gasteiger charge is 2.20. The van der Waals surface area contributed by atoms with Crippen LogP contribution in [0.4, 0.5) is 10.1 Å². The van der Waals surface area contributed by atoms with Gasteiger partial charge in [0.05, 0.1) is 5.75 Å². The quantitative estimate of drug-likeness (QED) is 0.842. The normalized spacial score (nSPS) is 15.7. The minimum Gasteiger partial charge on any atom is -0.368 e. The van der Waals surface area contributed by atoms with Crippen molar-refractivity contribution in [2.75, 3.05) is 42.7 Å². The maximum atomic E-state index is 12.9. The SMILES string of the molecule is NCSCC(=O)N1CCN(c2ccc(F)cc2)CC1. The summed E-state index contributed by atoms with van der Waals surface area (Å²) in [5.74, 6) is 0.847. The summed E-state index contributed by atoms with van der Waals surface area (Å²) < 4.78 is 12.9. The Morgan fingerprint density at radius 1 is 1.21 bits per heavy atom. The molecule has 1 amide bonds. The average Bonchev–Trinajstić information content (AvgIpc) is 2.46. The summed E-state index contributed by atoms with van der Waals surface area (Å²) in [6.07, 6.45) is 0. The Kier molecular flexibility index (Phi) is 5.04. The number of thioether (sulfide) groups is 1. The third-order valence-corrected chi connectivity index (χ3v) is 3.85. The van der Waals surface area contributed by atoms with E-state index < -0.39 is 0 Å². The standard InChI is InChI=1S/C13H18FN3OS/c14-11-1-3-12(4-2-11)16-5-7-17(8-6-16)13(18)9-19-10-15/h1-4H,5-10,15H2. The summed E-state index contributed by atoms with van der Waals surface area (Å²) >= 11 is 1.44. The molecule has 0 aliphatic carbocycles. The number of nitrogens with two attached hydrogens (primary N) is 1. The molecule has 1 aliphatic heterocycles. The van der Waals surface area contributed by atoms with Gasteiger partial charge in [-0.25, -0.2) is 4.39 Å². The number of amides is 1. The summed E-state index contributed by atoms with van der Waals surface area (Å²) in [6.45, 7) is 2.98. The van der Waals surface area contributed by atoms with Crippen molar-refractivity contribution in [1.29, 1.82) is 0 Å². The van der Waals surface area contributed by atoms with Gasteiger partial charge in [-0.1, -0.05) is 0 Å². The van der Waals surface area contributed by atoms with E-state index in [2.05, 4.69) is 4.90 Å². The molecule has 2 N–H and O–H groups in total. The third kappa shape index (κ3) is 3.84. The first kappa shape index (κ1) is 14.1. The first-order chi connectivity index (χ1) is 9.20. The Hall–Kier alpha value is -1.27. The molecule has 0 atom stereocenters. The number of carbonyl (C=O) groups is 1. The van der Waals surface area contributed by atoms with E-state index in [1.807, 2.05) is 4.90 Å². The molecule has 0 radical (unpaired) electrons. The van der Waals surface area contributed by atoms with Gasteiger partial charge in [-0.2, -0.15) is 0 Å². The molecule has 1 fully saturated rings. The Balaban J connectivity index is 1.85. The summed E-state index contributed by atoms with van der Waals surface area (Å²) in [5.41, 5.74) is 6.37. The van der Waals surface area contributed by atoms with Crippen LogP contribution in [0.15, 0.2) is 24.3 Å². The largest absolute Gasteiger partial charge is 0.368 e. The number of piperazine rings is 1. The van der Waals surface area contributed by atoms with Crippen molar-refractivity contribution in [3.05, 3.63) is 30.1 Å². The predicted molar refractivity (Wildman–Crippen MR) is 76.7 cm³/mol. The molecule has 0 bridgehead atoms. The van der Waals surface area contributed by atoms with Crippen LogP contribution in [0, 0.1) is 5.82 Å². The van der Waals surface area contributed by atoms with Crippen LogP contribution in [0.5, 0.6) is 0 Å². The third-order valence-electron chi connectivity index (χ3n) is 3.17. The van der Waals surface area contributed by atoms with Crippen LogP contribution in [0.1, 0.15) is 0 Å². The van der Waals surface area contributed by atoms with Crippen molar-refractivity contribution in [3.8, 4) is 0 Å². The summed E-state index contributed by atoms with van der Waals surface area (Å²) in [4.78, 5) is 15.9. The zero-order valence-corrected chi connectivity index (χ0v) is 11.5. The highest BCUT2D eigenvalue weighted by Crippen LogP contribution is 2.17. The fourth-order valence-electron chi connectivity index (χ4n) is 2.10. The van der Waals surface area contributed by atoms with E-state index in [4.69, 9.17) is 5.73 Å². The second-order valence-corrected chi connectivity index (χ2v) is 5.39. The van der Waals surface area contributed by atoms with Gasteiger partial charge in [0, 0.05) is 37.7 Å². The van der Waals surface area contributed by atoms with Gasteiger partial charge in [-0.3, -0.25) is 4.79 Å². The molecule has 0 spiro atoms. The van der Waals surface area contributed by atoms with Crippen LogP contribution in [0.25, 0.3) is 0 Å². The molecule has 0 unspecified atom stereocenters. The first-order valence-electron chi connectivity index (χ1n) is 6.27. The molecule has 1 aliphatic rings. The first-order valence-corrected chi connectivity index (χ1v) is 7.42. The zero-order valence-electron chi connectivity index (χ0n) is 10.7. The zero-order chi connectivity index (χ0) is 13.7. The molecule has 2 rings (SSSR count). The lowest BCUT2D eigenvalue weighted by atomic mass is 10.2. The highest BCUT2D eigenvalue weighted by molar-refractivity contribution is 7.99. The molecule has 0 saturated carbocycles. The molecule has 1 saturated heterocycles. The smallest absolute Gasteiger partial charge is 0.232 e. The molecule has 19 heavy (non-hydrogen) atoms. The average molecular weight is 283 g/mol. The van der Waals surface area contributed by atoms with Crippen LogP contribution < -0.4 is 10.6 Å². The van der Waals surface area contributed by atoms with Gasteiger partial charge in [0.25, 0.3) is 0 Å². The van der Waals surface area contributed by atoms with Crippen molar-refractivity contribution in [1.82, 2.24) is 4.90 Å². The number of rotatable bonds is 4. The summed E-state index contributed by atoms with van der Waals surface area (Å²) in [7, 11) is 0. The molecule has 6 heteroatoms. The lowest BCUT2D eigenvalue weighted by Gasteiger charge is -2.36. The number of carbonyl (C=O) groups excluding carboxylic acids is 1. The van der Waals surface area contributed by atoms with E-state index >= 15 is 0 Å². The maximum Gasteiger partial charge on any atom is 0.232 e. The molecular weight excluding hydrogens is 265 g/mol. The fourth-order valence-corrected chi connectivity index (χ4v) is 2.58. The molecule has 104 valence electrons. The van der Waals surface area contributed by atoms with Gasteiger partial charge in [0.1, 0.15) is 5.82 Å². The Morgan fingerprint density at radius 3 is 2.42 bits per heavy atom. The van der Waals surface area contributed by atoms with Gasteiger partial charge in [-0.15, -0.1) is 11.8 Å². The number of halogens is 1. The van der Waals surface area contributed by atoms with Crippen LogP contribution in [-0.2, 0) is 4.79 Å². The summed E-state index contributed by atoms with van der Waals surface area (Å²) in [5, 5.41) is 0. The highest BCUT2D eigenvalue weighted by atomic mass is 32.2. The number of hydrogen-bond donors (Lipinski definition) is 1. The van der Waals surface area contributed by atoms with Gasteiger partial charge < -0.3 is 15.5 Å². The molecule has 1 heterocycles. The van der Waals surface area contributed by atoms with Gasteiger partial charge >= 0.3 is 0 Å². The second kappa shape index (κ2) is 6.77. The van der Waals surface area contributed by atoms with Crippen LogP contribution >= 0.6 is 11.8 Å². The Bertz CT molecular complexity index is 418. The van der Waals surface area contributed by atoms with Crippen LogP contribution in [0.2, 0.25) is 0 Å². The van der Waals surface area contributed by atoms with Crippen molar-refractivity contribution in [3.63, 3.8) is 0 Å². The minimum atomic E-state index is -0.226. The molecule has 1 aromatic rings. The van der Waals surface area contributed by atoms with Crippen molar-refractivity contribution in [2.45, 2.75) is 0 Å². The monoisotopic (exact) mass is 283 g/mol. The molecule has 1 aromatic carbocycles. The number of anilines is 1. The van der Waals surface area contributed by atoms with Gasteiger partial charge in [0.2, 0.25) is 5.91 Å². The molecule has 4 nitrogen and oxygen atoms in total. The lowest BCUT2D eigenvalue weighted by Crippen LogP contribution is -2.49. The van der Waals surface area contributed by atoms with E-state index in [0.717, 1.165) is 18.8 Å².